The fourth-order valence-corrected chi connectivity index (χ4v) is 9.94. The number of hydrogen-bond donors (Lipinski definition) is 1. The van der Waals surface area contributed by atoms with Crippen LogP contribution in [0.1, 0.15) is 45.2 Å². The van der Waals surface area contributed by atoms with Gasteiger partial charge in [0.05, 0.1) is 15.9 Å². The first kappa shape index (κ1) is 28.4. The van der Waals surface area contributed by atoms with E-state index >= 15 is 0 Å². The molecule has 0 aromatic heterocycles. The molecule has 0 heterocycles. The van der Waals surface area contributed by atoms with E-state index in [-0.39, 0.29) is 33.3 Å². The van der Waals surface area contributed by atoms with Crippen molar-refractivity contribution < 1.29 is 35.1 Å². The predicted octanol–water partition coefficient (Wildman–Crippen LogP) is 4.03. The molecule has 212 valence electrons. The smallest absolute Gasteiger partial charge is 0.297 e. The van der Waals surface area contributed by atoms with E-state index in [1.165, 1.54) is 24.3 Å². The highest BCUT2D eigenvalue weighted by atomic mass is 32.2. The maximum absolute atomic E-state index is 13.5. The van der Waals surface area contributed by atoms with Crippen LogP contribution in [0.2, 0.25) is 0 Å². The van der Waals surface area contributed by atoms with Gasteiger partial charge in [-0.25, -0.2) is 0 Å². The number of fused-ring (bicyclic) bond motifs is 3. The summed E-state index contributed by atoms with van der Waals surface area (Å²) >= 11 is 0. The normalized spacial score (nSPS) is 35.7. The molecule has 4 aliphatic rings. The van der Waals surface area contributed by atoms with Crippen molar-refractivity contribution in [1.82, 2.24) is 0 Å². The highest BCUT2D eigenvalue weighted by Gasteiger charge is 2.77. The second-order valence-corrected chi connectivity index (χ2v) is 15.6. The lowest BCUT2D eigenvalue weighted by Gasteiger charge is -2.68. The van der Waals surface area contributed by atoms with Gasteiger partial charge >= 0.3 is 0 Å². The van der Waals surface area contributed by atoms with Gasteiger partial charge in [0.25, 0.3) is 20.2 Å². The molecule has 39 heavy (non-hydrogen) atoms. The van der Waals surface area contributed by atoms with Crippen LogP contribution in [0.3, 0.4) is 0 Å². The molecule has 4 fully saturated rings. The van der Waals surface area contributed by atoms with Gasteiger partial charge in [-0.05, 0) is 61.3 Å². The average molecular weight is 577 g/mol. The molecule has 0 spiro atoms. The van der Waals surface area contributed by atoms with Gasteiger partial charge in [0.1, 0.15) is 18.0 Å². The Balaban J connectivity index is 1.64. The van der Waals surface area contributed by atoms with Crippen molar-refractivity contribution in [1.29, 1.82) is 0 Å². The molecular weight excluding hydrogens is 540 g/mol. The minimum Gasteiger partial charge on any atom is -0.390 e. The fraction of sp³-hybridized carbons (Fsp3) is 0.552. The molecule has 0 unspecified atom stereocenters. The number of carbonyl (C=O) groups excluding carboxylic acids is 1. The number of aliphatic hydroxyl groups excluding tert-OH is 1. The maximum atomic E-state index is 13.5. The largest absolute Gasteiger partial charge is 0.390 e. The maximum Gasteiger partial charge on any atom is 0.297 e. The second-order valence-electron chi connectivity index (χ2n) is 12.4. The van der Waals surface area contributed by atoms with Gasteiger partial charge in [-0.2, -0.15) is 16.8 Å². The highest BCUT2D eigenvalue weighted by molar-refractivity contribution is 7.87. The van der Waals surface area contributed by atoms with Gasteiger partial charge in [-0.15, -0.1) is 0 Å². The molecule has 4 aliphatic carbocycles. The van der Waals surface area contributed by atoms with Crippen LogP contribution in [-0.4, -0.2) is 46.0 Å². The van der Waals surface area contributed by atoms with Crippen molar-refractivity contribution in [3.8, 4) is 0 Å². The lowest BCUT2D eigenvalue weighted by molar-refractivity contribution is -0.234. The van der Waals surface area contributed by atoms with Crippen LogP contribution >= 0.6 is 0 Å². The summed E-state index contributed by atoms with van der Waals surface area (Å²) in [6.45, 7) is 11.0. The van der Waals surface area contributed by atoms with Gasteiger partial charge in [-0.1, -0.05) is 63.1 Å². The molecule has 0 saturated heterocycles. The molecule has 0 aliphatic heterocycles. The van der Waals surface area contributed by atoms with Crippen LogP contribution in [0.15, 0.2) is 58.3 Å². The zero-order valence-electron chi connectivity index (χ0n) is 23.0. The number of aliphatic hydroxyl groups is 1. The number of aryl methyl sites for hydroxylation is 2. The van der Waals surface area contributed by atoms with Crippen LogP contribution in [0.5, 0.6) is 0 Å². The molecule has 8 nitrogen and oxygen atoms in total. The lowest BCUT2D eigenvalue weighted by Crippen LogP contribution is -2.70. The number of carbonyl (C=O) groups is 1. The summed E-state index contributed by atoms with van der Waals surface area (Å²) in [5, 5.41) is 11.9. The Labute approximate surface area is 231 Å². The van der Waals surface area contributed by atoms with Gasteiger partial charge in [0, 0.05) is 17.8 Å². The van der Waals surface area contributed by atoms with Gasteiger partial charge in [0.15, 0.2) is 0 Å². The zero-order valence-corrected chi connectivity index (χ0v) is 24.6. The van der Waals surface area contributed by atoms with E-state index in [1.807, 2.05) is 20.8 Å². The highest BCUT2D eigenvalue weighted by Crippen LogP contribution is 2.73. The topological polar surface area (TPSA) is 124 Å². The summed E-state index contributed by atoms with van der Waals surface area (Å²) in [6.07, 6.45) is -4.08. The third kappa shape index (κ3) is 4.30. The molecule has 2 aromatic rings. The summed E-state index contributed by atoms with van der Waals surface area (Å²) < 4.78 is 65.7. The lowest BCUT2D eigenvalue weighted by atomic mass is 9.35. The van der Waals surface area contributed by atoms with Crippen LogP contribution in [0.25, 0.3) is 0 Å². The van der Waals surface area contributed by atoms with Crippen molar-refractivity contribution >= 4 is 26.0 Å². The second kappa shape index (κ2) is 9.21. The molecule has 2 aromatic carbocycles. The van der Waals surface area contributed by atoms with E-state index in [2.05, 4.69) is 0 Å². The number of rotatable bonds is 6. The summed E-state index contributed by atoms with van der Waals surface area (Å²) in [5.74, 6) is -1.11. The first-order chi connectivity index (χ1) is 18.0. The average Bonchev–Trinajstić information content (AvgIpc) is 2.91. The number of Topliss-reactive ketones (excluding diaryl/α,β-unsaturated/α-hetero) is 1. The Bertz CT molecular complexity index is 1500. The number of hydrogen-bond acceptors (Lipinski definition) is 8. The van der Waals surface area contributed by atoms with E-state index in [0.29, 0.717) is 6.42 Å². The van der Waals surface area contributed by atoms with Crippen molar-refractivity contribution in [3.63, 3.8) is 0 Å². The molecule has 8 atom stereocenters. The molecule has 10 heteroatoms. The molecule has 1 N–H and O–H groups in total. The van der Waals surface area contributed by atoms with Crippen LogP contribution < -0.4 is 0 Å². The van der Waals surface area contributed by atoms with Crippen LogP contribution in [0.4, 0.5) is 0 Å². The van der Waals surface area contributed by atoms with Gasteiger partial charge in [0.2, 0.25) is 0 Å². The monoisotopic (exact) mass is 576 g/mol. The van der Waals surface area contributed by atoms with Crippen LogP contribution in [-0.2, 0) is 33.4 Å². The molecule has 0 amide bonds. The standard InChI is InChI=1S/C29H36O8S2/c1-16-7-11-19(12-8-16)38(32,33)36-25-26(31)29(6)22-18(3)15-21(30)23(29)24(22)28(4,5)27(25)37-39(34,35)20-13-9-17(2)10-14-20/h7-14,18,22-27,31H,15H2,1-6H3/t18-,22+,23-,24+,25+,26-,27-,29-/m1/s1. The van der Waals surface area contributed by atoms with Crippen molar-refractivity contribution in [3.05, 3.63) is 59.7 Å². The SMILES string of the molecule is Cc1ccc(S(=O)(=O)O[C@@H]2[C@@H](OS(=O)(=O)c3ccc(C)cc3)C(C)(C)[C@H]3[C@@H]4[C@H](C)CC(=O)[C@H]3[C@]4(C)[C@@H]2O)cc1. The number of benzene rings is 2. The Morgan fingerprint density at radius 2 is 1.26 bits per heavy atom. The third-order valence-electron chi connectivity index (χ3n) is 9.54. The molecule has 4 bridgehead atoms. The van der Waals surface area contributed by atoms with Crippen molar-refractivity contribution in [2.24, 2.45) is 34.5 Å². The Morgan fingerprint density at radius 3 is 1.72 bits per heavy atom. The third-order valence-corrected chi connectivity index (χ3v) is 12.2. The summed E-state index contributed by atoms with van der Waals surface area (Å²) in [4.78, 5) is 13.1. The van der Waals surface area contributed by atoms with E-state index in [0.717, 1.165) is 11.1 Å². The quantitative estimate of drug-likeness (QED) is 0.512. The van der Waals surface area contributed by atoms with Crippen molar-refractivity contribution in [2.45, 2.75) is 76.1 Å². The Kier molecular flexibility index (Phi) is 6.71. The zero-order chi connectivity index (χ0) is 28.7. The van der Waals surface area contributed by atoms with Crippen molar-refractivity contribution in [2.75, 3.05) is 0 Å². The van der Waals surface area contributed by atoms with E-state index in [9.17, 15) is 26.7 Å². The van der Waals surface area contributed by atoms with E-state index in [4.69, 9.17) is 8.37 Å². The minimum absolute atomic E-state index is 0.00758. The molecule has 0 radical (unpaired) electrons. The molecule has 4 saturated carbocycles. The summed E-state index contributed by atoms with van der Waals surface area (Å²) in [7, 11) is -8.83. The first-order valence-corrected chi connectivity index (χ1v) is 16.0. The minimum atomic E-state index is -4.44. The van der Waals surface area contributed by atoms with Gasteiger partial charge in [-0.3, -0.25) is 13.2 Å². The Hall–Kier alpha value is -2.11. The summed E-state index contributed by atoms with van der Waals surface area (Å²) in [6, 6.07) is 12.2. The molecule has 6 rings (SSSR count). The first-order valence-electron chi connectivity index (χ1n) is 13.2. The summed E-state index contributed by atoms with van der Waals surface area (Å²) in [5.41, 5.74) is -0.320. The molecular formula is C29H36O8S2. The Morgan fingerprint density at radius 1 is 0.795 bits per heavy atom. The van der Waals surface area contributed by atoms with Gasteiger partial charge < -0.3 is 5.11 Å². The fourth-order valence-electron chi connectivity index (χ4n) is 7.65. The number of ketones is 1. The predicted molar refractivity (Wildman–Crippen MR) is 144 cm³/mol. The van der Waals surface area contributed by atoms with Crippen LogP contribution in [0, 0.1) is 48.3 Å². The van der Waals surface area contributed by atoms with E-state index in [1.54, 1.807) is 45.0 Å². The van der Waals surface area contributed by atoms with E-state index < -0.39 is 55.3 Å².